The number of thiophene rings is 1. The summed E-state index contributed by atoms with van der Waals surface area (Å²) in [5, 5.41) is 5.53. The van der Waals surface area contributed by atoms with Gasteiger partial charge in [-0.1, -0.05) is 17.4 Å². The lowest BCUT2D eigenvalue weighted by Crippen LogP contribution is -2.26. The third kappa shape index (κ3) is 3.44. The largest absolute Gasteiger partial charge is 0.473 e. The summed E-state index contributed by atoms with van der Waals surface area (Å²) in [7, 11) is 3.33. The van der Waals surface area contributed by atoms with E-state index in [-0.39, 0.29) is 5.91 Å². The number of aromatic nitrogens is 2. The highest BCUT2D eigenvalue weighted by Crippen LogP contribution is 2.29. The van der Waals surface area contributed by atoms with Gasteiger partial charge in [0.25, 0.3) is 11.1 Å². The van der Waals surface area contributed by atoms with Gasteiger partial charge in [0.2, 0.25) is 0 Å². The zero-order valence-electron chi connectivity index (χ0n) is 12.9. The van der Waals surface area contributed by atoms with E-state index in [1.54, 1.807) is 41.7 Å². The van der Waals surface area contributed by atoms with Crippen LogP contribution in [0.1, 0.15) is 21.1 Å². The second-order valence-electron chi connectivity index (χ2n) is 4.88. The Labute approximate surface area is 146 Å². The molecule has 1 amide bonds. The maximum atomic E-state index is 12.6. The van der Waals surface area contributed by atoms with Crippen LogP contribution in [0.25, 0.3) is 9.88 Å². The molecule has 0 aromatic carbocycles. The summed E-state index contributed by atoms with van der Waals surface area (Å²) >= 11 is 4.53. The molecule has 3 aromatic rings. The van der Waals surface area contributed by atoms with Gasteiger partial charge >= 0.3 is 0 Å². The molecule has 3 heterocycles. The zero-order valence-corrected chi connectivity index (χ0v) is 15.3. The molecule has 0 saturated carbocycles. The standard InChI is InChI=1S/C15H15N3O2S3/c1-9-12(23-15(16-9)20-3)14(19)18(2)7-10-8-22-13(17-10)11-5-4-6-21-11/h4-6,8H,7H2,1-3H3. The van der Waals surface area contributed by atoms with Gasteiger partial charge in [0.15, 0.2) is 0 Å². The molecule has 3 rings (SSSR count). The first-order valence-corrected chi connectivity index (χ1v) is 9.41. The zero-order chi connectivity index (χ0) is 16.4. The highest BCUT2D eigenvalue weighted by atomic mass is 32.1. The quantitative estimate of drug-likeness (QED) is 0.688. The highest BCUT2D eigenvalue weighted by Gasteiger charge is 2.20. The molecule has 0 fully saturated rings. The second kappa shape index (κ2) is 6.77. The molecule has 0 aliphatic rings. The van der Waals surface area contributed by atoms with Crippen molar-refractivity contribution < 1.29 is 9.53 Å². The van der Waals surface area contributed by atoms with E-state index < -0.39 is 0 Å². The van der Waals surface area contributed by atoms with Gasteiger partial charge < -0.3 is 9.64 Å². The molecule has 8 heteroatoms. The van der Waals surface area contributed by atoms with Crippen LogP contribution in [-0.2, 0) is 6.54 Å². The van der Waals surface area contributed by atoms with Crippen LogP contribution in [0.5, 0.6) is 5.19 Å². The van der Waals surface area contributed by atoms with Crippen molar-refractivity contribution in [2.75, 3.05) is 14.2 Å². The Balaban J connectivity index is 1.72. The minimum absolute atomic E-state index is 0.0611. The molecule has 0 saturated heterocycles. The third-order valence-corrected chi connectivity index (χ3v) is 6.21. The Morgan fingerprint density at radius 1 is 1.35 bits per heavy atom. The monoisotopic (exact) mass is 365 g/mol. The number of ether oxygens (including phenoxy) is 1. The third-order valence-electron chi connectivity index (χ3n) is 3.18. The molecule has 0 aliphatic carbocycles. The maximum Gasteiger partial charge on any atom is 0.273 e. The summed E-state index contributed by atoms with van der Waals surface area (Å²) in [5.41, 5.74) is 1.59. The number of rotatable bonds is 5. The lowest BCUT2D eigenvalue weighted by molar-refractivity contribution is 0.0787. The fourth-order valence-corrected chi connectivity index (χ4v) is 4.54. The van der Waals surface area contributed by atoms with Crippen molar-refractivity contribution in [2.45, 2.75) is 13.5 Å². The molecule has 0 radical (unpaired) electrons. The van der Waals surface area contributed by atoms with Crippen LogP contribution in [-0.4, -0.2) is 34.9 Å². The minimum atomic E-state index is -0.0611. The van der Waals surface area contributed by atoms with E-state index >= 15 is 0 Å². The molecule has 0 unspecified atom stereocenters. The van der Waals surface area contributed by atoms with Crippen molar-refractivity contribution in [2.24, 2.45) is 0 Å². The fraction of sp³-hybridized carbons (Fsp3) is 0.267. The first kappa shape index (κ1) is 16.1. The Kier molecular flexibility index (Phi) is 4.74. The van der Waals surface area contributed by atoms with Gasteiger partial charge in [-0.25, -0.2) is 9.97 Å². The van der Waals surface area contributed by atoms with Gasteiger partial charge in [0.1, 0.15) is 9.88 Å². The van der Waals surface area contributed by atoms with Gasteiger partial charge in [-0.15, -0.1) is 22.7 Å². The summed E-state index contributed by atoms with van der Waals surface area (Å²) in [4.78, 5) is 24.8. The number of carbonyl (C=O) groups is 1. The van der Waals surface area contributed by atoms with Crippen molar-refractivity contribution in [3.05, 3.63) is 39.2 Å². The predicted octanol–water partition coefficient (Wildman–Crippen LogP) is 3.92. The van der Waals surface area contributed by atoms with Gasteiger partial charge in [-0.3, -0.25) is 4.79 Å². The second-order valence-corrected chi connectivity index (χ2v) is 7.65. The number of carbonyl (C=O) groups excluding carboxylic acids is 1. The van der Waals surface area contributed by atoms with E-state index in [0.29, 0.717) is 22.3 Å². The van der Waals surface area contributed by atoms with Crippen LogP contribution in [0.2, 0.25) is 0 Å². The van der Waals surface area contributed by atoms with Gasteiger partial charge in [-0.2, -0.15) is 0 Å². The van der Waals surface area contributed by atoms with Crippen LogP contribution >= 0.6 is 34.0 Å². The molecule has 0 aliphatic heterocycles. The maximum absolute atomic E-state index is 12.6. The molecule has 5 nitrogen and oxygen atoms in total. The number of hydrogen-bond acceptors (Lipinski definition) is 7. The summed E-state index contributed by atoms with van der Waals surface area (Å²) in [6.45, 7) is 2.29. The van der Waals surface area contributed by atoms with Gasteiger partial charge in [0.05, 0.1) is 29.9 Å². The van der Waals surface area contributed by atoms with Crippen molar-refractivity contribution in [1.82, 2.24) is 14.9 Å². The topological polar surface area (TPSA) is 55.3 Å². The minimum Gasteiger partial charge on any atom is -0.473 e. The van der Waals surface area contributed by atoms with E-state index in [4.69, 9.17) is 4.74 Å². The van der Waals surface area contributed by atoms with E-state index in [0.717, 1.165) is 15.6 Å². The average Bonchev–Trinajstić information content (AvgIpc) is 3.26. The first-order chi connectivity index (χ1) is 11.1. The van der Waals surface area contributed by atoms with Crippen LogP contribution < -0.4 is 4.74 Å². The smallest absolute Gasteiger partial charge is 0.273 e. The van der Waals surface area contributed by atoms with Crippen LogP contribution in [0.15, 0.2) is 22.9 Å². The molecule has 0 spiro atoms. The van der Waals surface area contributed by atoms with Gasteiger partial charge in [-0.05, 0) is 18.4 Å². The summed E-state index contributed by atoms with van der Waals surface area (Å²) in [6.07, 6.45) is 0. The van der Waals surface area contributed by atoms with Crippen LogP contribution in [0, 0.1) is 6.92 Å². The summed E-state index contributed by atoms with van der Waals surface area (Å²) < 4.78 is 5.10. The lowest BCUT2D eigenvalue weighted by Gasteiger charge is -2.14. The van der Waals surface area contributed by atoms with E-state index in [1.165, 1.54) is 11.3 Å². The van der Waals surface area contributed by atoms with Gasteiger partial charge in [0, 0.05) is 12.4 Å². The van der Waals surface area contributed by atoms with Crippen molar-refractivity contribution in [3.63, 3.8) is 0 Å². The predicted molar refractivity (Wildman–Crippen MR) is 94.6 cm³/mol. The fourth-order valence-electron chi connectivity index (χ4n) is 2.04. The van der Waals surface area contributed by atoms with E-state index in [9.17, 15) is 4.79 Å². The van der Waals surface area contributed by atoms with E-state index in [1.807, 2.05) is 23.8 Å². The Hall–Kier alpha value is -1.77. The van der Waals surface area contributed by atoms with E-state index in [2.05, 4.69) is 16.0 Å². The average molecular weight is 366 g/mol. The SMILES string of the molecule is COc1nc(C)c(C(=O)N(C)Cc2csc(-c3cccs3)n2)s1. The molecular weight excluding hydrogens is 350 g/mol. The molecule has 3 aromatic heterocycles. The Morgan fingerprint density at radius 2 is 2.17 bits per heavy atom. The number of aryl methyl sites for hydroxylation is 1. The first-order valence-electron chi connectivity index (χ1n) is 6.83. The van der Waals surface area contributed by atoms with Crippen LogP contribution in [0.3, 0.4) is 0 Å². The van der Waals surface area contributed by atoms with Crippen LogP contribution in [0.4, 0.5) is 0 Å². The molecule has 120 valence electrons. The molecule has 0 N–H and O–H groups in total. The Morgan fingerprint density at radius 3 is 2.83 bits per heavy atom. The molecular formula is C15H15N3O2S3. The molecule has 0 atom stereocenters. The normalized spacial score (nSPS) is 10.7. The summed E-state index contributed by atoms with van der Waals surface area (Å²) in [6, 6.07) is 4.06. The Bertz CT molecular complexity index is 808. The lowest BCUT2D eigenvalue weighted by atomic mass is 10.3. The highest BCUT2D eigenvalue weighted by molar-refractivity contribution is 7.20. The number of thiazole rings is 2. The molecule has 23 heavy (non-hydrogen) atoms. The number of methoxy groups -OCH3 is 1. The van der Waals surface area contributed by atoms with Crippen molar-refractivity contribution in [1.29, 1.82) is 0 Å². The number of amides is 1. The number of nitrogens with zero attached hydrogens (tertiary/aromatic N) is 3. The van der Waals surface area contributed by atoms with Crippen molar-refractivity contribution in [3.8, 4) is 15.1 Å². The molecule has 0 bridgehead atoms. The summed E-state index contributed by atoms with van der Waals surface area (Å²) in [5.74, 6) is -0.0611. The van der Waals surface area contributed by atoms with Crippen molar-refractivity contribution >= 4 is 39.9 Å². The number of hydrogen-bond donors (Lipinski definition) is 0.